The van der Waals surface area contributed by atoms with Crippen LogP contribution < -0.4 is 0 Å². The number of pyridine rings is 1. The fraction of sp³-hybridized carbons (Fsp3) is 0.0185. The van der Waals surface area contributed by atoms with E-state index in [1.807, 2.05) is 12.1 Å². The van der Waals surface area contributed by atoms with Gasteiger partial charge in [0.1, 0.15) is 0 Å². The molecule has 0 saturated carbocycles. The molecule has 1 aliphatic carbocycles. The van der Waals surface area contributed by atoms with Crippen LogP contribution in [0.1, 0.15) is 22.6 Å². The molecule has 0 fully saturated rings. The van der Waals surface area contributed by atoms with Crippen LogP contribution in [0, 0.1) is 0 Å². The molecule has 3 heteroatoms. The lowest BCUT2D eigenvalue weighted by atomic mass is 9.89. The molecule has 10 aromatic rings. The van der Waals surface area contributed by atoms with Gasteiger partial charge in [0.15, 0.2) is 5.82 Å². The lowest BCUT2D eigenvalue weighted by Gasteiger charge is -2.15. The van der Waals surface area contributed by atoms with Crippen LogP contribution in [-0.4, -0.2) is 15.0 Å². The van der Waals surface area contributed by atoms with Gasteiger partial charge in [-0.3, -0.25) is 0 Å². The molecule has 0 atom stereocenters. The summed E-state index contributed by atoms with van der Waals surface area (Å²) in [5, 5.41) is 3.40. The minimum absolute atomic E-state index is 0.198. The van der Waals surface area contributed by atoms with Gasteiger partial charge in [-0.15, -0.1) is 0 Å². The molecule has 57 heavy (non-hydrogen) atoms. The van der Waals surface area contributed by atoms with Crippen molar-refractivity contribution < 1.29 is 0 Å². The molecule has 3 nitrogen and oxygen atoms in total. The Labute approximate surface area is 331 Å². The molecule has 2 heterocycles. The van der Waals surface area contributed by atoms with E-state index >= 15 is 0 Å². The van der Waals surface area contributed by atoms with E-state index in [1.54, 1.807) is 0 Å². The molecule has 11 rings (SSSR count). The van der Waals surface area contributed by atoms with Crippen LogP contribution in [0.25, 0.3) is 89.1 Å². The third-order valence-corrected chi connectivity index (χ3v) is 11.4. The van der Waals surface area contributed by atoms with Crippen LogP contribution in [-0.2, 0) is 0 Å². The minimum Gasteiger partial charge on any atom is -0.248 e. The Bertz CT molecular complexity index is 3060. The molecule has 0 saturated heterocycles. The Morgan fingerprint density at radius 3 is 1.46 bits per heavy atom. The van der Waals surface area contributed by atoms with E-state index in [9.17, 15) is 0 Å². The van der Waals surface area contributed by atoms with Gasteiger partial charge < -0.3 is 0 Å². The molecule has 0 bridgehead atoms. The number of aromatic nitrogens is 3. The fourth-order valence-electron chi connectivity index (χ4n) is 8.65. The van der Waals surface area contributed by atoms with Crippen molar-refractivity contribution in [2.75, 3.05) is 0 Å². The second-order valence-electron chi connectivity index (χ2n) is 14.7. The SMILES string of the molecule is c1ccc(-c2cc(-c3ccc(C4c5ccccc5-c5ccccc54)cc3)nc(-c3ccc4c(ccc5nc(-c6ccccc6)cc(-c6ccccc6)c54)c3)n2)cc1. The third-order valence-electron chi connectivity index (χ3n) is 11.4. The lowest BCUT2D eigenvalue weighted by Crippen LogP contribution is -2.00. The molecular formula is C54H35N3. The molecule has 266 valence electrons. The highest BCUT2D eigenvalue weighted by atomic mass is 14.9. The number of fused-ring (bicyclic) bond motifs is 6. The fourth-order valence-corrected chi connectivity index (χ4v) is 8.65. The largest absolute Gasteiger partial charge is 0.248 e. The summed E-state index contributed by atoms with van der Waals surface area (Å²) >= 11 is 0. The van der Waals surface area contributed by atoms with Crippen molar-refractivity contribution in [2.45, 2.75) is 5.92 Å². The van der Waals surface area contributed by atoms with Crippen molar-refractivity contribution in [3.05, 3.63) is 223 Å². The predicted octanol–water partition coefficient (Wildman–Crippen LogP) is 13.7. The van der Waals surface area contributed by atoms with Crippen LogP contribution in [0.4, 0.5) is 0 Å². The Balaban J connectivity index is 1.03. The molecule has 0 amide bonds. The monoisotopic (exact) mass is 725 g/mol. The third kappa shape index (κ3) is 5.80. The summed E-state index contributed by atoms with van der Waals surface area (Å²) in [5.74, 6) is 0.889. The minimum atomic E-state index is 0.198. The highest BCUT2D eigenvalue weighted by Crippen LogP contribution is 2.48. The first-order chi connectivity index (χ1) is 28.2. The maximum absolute atomic E-state index is 5.25. The van der Waals surface area contributed by atoms with Gasteiger partial charge in [0, 0.05) is 33.6 Å². The summed E-state index contributed by atoms with van der Waals surface area (Å²) in [6.45, 7) is 0. The topological polar surface area (TPSA) is 38.7 Å². The Kier molecular flexibility index (Phi) is 7.89. The molecule has 0 aliphatic heterocycles. The molecule has 1 aliphatic rings. The van der Waals surface area contributed by atoms with E-state index in [4.69, 9.17) is 15.0 Å². The van der Waals surface area contributed by atoms with Crippen LogP contribution >= 0.6 is 0 Å². The van der Waals surface area contributed by atoms with Crippen molar-refractivity contribution in [1.82, 2.24) is 15.0 Å². The maximum Gasteiger partial charge on any atom is 0.160 e. The summed E-state index contributed by atoms with van der Waals surface area (Å²) < 4.78 is 0. The van der Waals surface area contributed by atoms with E-state index in [0.717, 1.165) is 72.1 Å². The average molecular weight is 726 g/mol. The van der Waals surface area contributed by atoms with E-state index in [-0.39, 0.29) is 5.92 Å². The maximum atomic E-state index is 5.25. The summed E-state index contributed by atoms with van der Waals surface area (Å²) in [6, 6.07) is 73.3. The Hall–Kier alpha value is -7.49. The van der Waals surface area contributed by atoms with Gasteiger partial charge in [0.25, 0.3) is 0 Å². The van der Waals surface area contributed by atoms with Gasteiger partial charge >= 0.3 is 0 Å². The number of hydrogen-bond acceptors (Lipinski definition) is 3. The zero-order valence-corrected chi connectivity index (χ0v) is 31.0. The number of benzene rings is 8. The lowest BCUT2D eigenvalue weighted by molar-refractivity contribution is 1.01. The molecule has 0 radical (unpaired) electrons. The second kappa shape index (κ2) is 13.7. The Morgan fingerprint density at radius 1 is 0.333 bits per heavy atom. The van der Waals surface area contributed by atoms with E-state index in [2.05, 4.69) is 194 Å². The van der Waals surface area contributed by atoms with Crippen LogP contribution in [0.5, 0.6) is 0 Å². The molecule has 2 aromatic heterocycles. The van der Waals surface area contributed by atoms with Gasteiger partial charge in [-0.25, -0.2) is 15.0 Å². The molecule has 0 spiro atoms. The first-order valence-electron chi connectivity index (χ1n) is 19.5. The van der Waals surface area contributed by atoms with Crippen molar-refractivity contribution in [3.63, 3.8) is 0 Å². The normalized spacial score (nSPS) is 12.1. The predicted molar refractivity (Wildman–Crippen MR) is 235 cm³/mol. The van der Waals surface area contributed by atoms with Crippen LogP contribution in [0.15, 0.2) is 206 Å². The quantitative estimate of drug-likeness (QED) is 0.160. The number of rotatable bonds is 6. The van der Waals surface area contributed by atoms with Gasteiger partial charge in [-0.05, 0) is 74.0 Å². The van der Waals surface area contributed by atoms with E-state index in [0.29, 0.717) is 5.82 Å². The summed E-state index contributed by atoms with van der Waals surface area (Å²) in [6.07, 6.45) is 0. The molecular weight excluding hydrogens is 691 g/mol. The zero-order chi connectivity index (χ0) is 37.7. The summed E-state index contributed by atoms with van der Waals surface area (Å²) in [5.41, 5.74) is 16.8. The first kappa shape index (κ1) is 32.9. The van der Waals surface area contributed by atoms with Crippen molar-refractivity contribution >= 4 is 21.7 Å². The summed E-state index contributed by atoms with van der Waals surface area (Å²) in [4.78, 5) is 15.6. The molecule has 0 N–H and O–H groups in total. The van der Waals surface area contributed by atoms with Crippen molar-refractivity contribution in [2.24, 2.45) is 0 Å². The summed E-state index contributed by atoms with van der Waals surface area (Å²) in [7, 11) is 0. The Morgan fingerprint density at radius 2 is 0.842 bits per heavy atom. The van der Waals surface area contributed by atoms with Crippen LogP contribution in [0.2, 0.25) is 0 Å². The van der Waals surface area contributed by atoms with Gasteiger partial charge in [0.05, 0.1) is 22.6 Å². The smallest absolute Gasteiger partial charge is 0.160 e. The first-order valence-corrected chi connectivity index (χ1v) is 19.5. The van der Waals surface area contributed by atoms with E-state index < -0.39 is 0 Å². The zero-order valence-electron chi connectivity index (χ0n) is 31.0. The molecule has 8 aromatic carbocycles. The van der Waals surface area contributed by atoms with Crippen molar-refractivity contribution in [1.29, 1.82) is 0 Å². The number of nitrogens with zero attached hydrogens (tertiary/aromatic N) is 3. The van der Waals surface area contributed by atoms with E-state index in [1.165, 1.54) is 27.8 Å². The standard InChI is InChI=1S/C54H35N3/c1-4-14-35(15-5-1)47-33-49(36-16-6-2-7-17-36)55-48-31-29-40-32-41(28-30-42(40)53(47)48)54-56-50(37-18-8-3-9-19-37)34-51(57-54)38-24-26-39(27-25-38)52-45-22-12-10-20-43(45)44-21-11-13-23-46(44)52/h1-34,52H. The van der Waals surface area contributed by atoms with Gasteiger partial charge in [-0.2, -0.15) is 0 Å². The number of hydrogen-bond donors (Lipinski definition) is 0. The van der Waals surface area contributed by atoms with Crippen molar-refractivity contribution in [3.8, 4) is 67.4 Å². The van der Waals surface area contributed by atoms with Gasteiger partial charge in [-0.1, -0.05) is 182 Å². The average Bonchev–Trinajstić information content (AvgIpc) is 3.63. The van der Waals surface area contributed by atoms with Crippen LogP contribution in [0.3, 0.4) is 0 Å². The molecule has 0 unspecified atom stereocenters. The highest BCUT2D eigenvalue weighted by Gasteiger charge is 2.29. The highest BCUT2D eigenvalue weighted by molar-refractivity contribution is 6.14. The van der Waals surface area contributed by atoms with Gasteiger partial charge in [0.2, 0.25) is 0 Å². The second-order valence-corrected chi connectivity index (χ2v) is 14.7.